The van der Waals surface area contributed by atoms with Gasteiger partial charge >= 0.3 is 0 Å². The second kappa shape index (κ2) is 8.86. The SMILES string of the molecule is CC(=O)NC(C(=O)Nc1ccc(Oc2ccc(Cl)cc2)nc1)C1CCCC1. The van der Waals surface area contributed by atoms with Crippen LogP contribution in [-0.2, 0) is 9.59 Å². The average molecular weight is 388 g/mol. The maximum atomic E-state index is 12.6. The van der Waals surface area contributed by atoms with Crippen LogP contribution in [0.5, 0.6) is 11.6 Å². The van der Waals surface area contributed by atoms with Crippen molar-refractivity contribution >= 4 is 29.1 Å². The van der Waals surface area contributed by atoms with Crippen molar-refractivity contribution in [2.45, 2.75) is 38.6 Å². The van der Waals surface area contributed by atoms with E-state index in [0.29, 0.717) is 22.3 Å². The number of ether oxygens (including phenoxy) is 1. The first-order valence-electron chi connectivity index (χ1n) is 8.99. The summed E-state index contributed by atoms with van der Waals surface area (Å²) in [6.07, 6.45) is 5.61. The number of nitrogens with one attached hydrogen (secondary N) is 2. The highest BCUT2D eigenvalue weighted by molar-refractivity contribution is 6.30. The highest BCUT2D eigenvalue weighted by atomic mass is 35.5. The third kappa shape index (κ3) is 5.44. The third-order valence-electron chi connectivity index (χ3n) is 4.55. The summed E-state index contributed by atoms with van der Waals surface area (Å²) in [4.78, 5) is 28.3. The van der Waals surface area contributed by atoms with E-state index in [2.05, 4.69) is 15.6 Å². The number of carbonyl (C=O) groups excluding carboxylic acids is 2. The number of benzene rings is 1. The molecule has 2 amide bonds. The van der Waals surface area contributed by atoms with Crippen LogP contribution in [0.1, 0.15) is 32.6 Å². The molecular formula is C20H22ClN3O3. The van der Waals surface area contributed by atoms with Gasteiger partial charge in [-0.3, -0.25) is 9.59 Å². The van der Waals surface area contributed by atoms with Crippen LogP contribution in [0.25, 0.3) is 0 Å². The van der Waals surface area contributed by atoms with Crippen LogP contribution in [0.15, 0.2) is 42.6 Å². The van der Waals surface area contributed by atoms with Gasteiger partial charge in [0.05, 0.1) is 11.9 Å². The van der Waals surface area contributed by atoms with Gasteiger partial charge in [-0.05, 0) is 49.1 Å². The van der Waals surface area contributed by atoms with Crippen LogP contribution in [0.4, 0.5) is 5.69 Å². The molecule has 1 aliphatic rings. The van der Waals surface area contributed by atoms with E-state index in [1.807, 2.05) is 0 Å². The molecule has 0 spiro atoms. The molecular weight excluding hydrogens is 366 g/mol. The Labute approximate surface area is 163 Å². The molecule has 1 heterocycles. The average Bonchev–Trinajstić information content (AvgIpc) is 3.17. The largest absolute Gasteiger partial charge is 0.439 e. The zero-order chi connectivity index (χ0) is 19.2. The zero-order valence-electron chi connectivity index (χ0n) is 15.1. The first kappa shape index (κ1) is 19.2. The quantitative estimate of drug-likeness (QED) is 0.779. The molecule has 0 bridgehead atoms. The van der Waals surface area contributed by atoms with Crippen molar-refractivity contribution in [3.8, 4) is 11.6 Å². The van der Waals surface area contributed by atoms with Crippen LogP contribution in [0.3, 0.4) is 0 Å². The fraction of sp³-hybridized carbons (Fsp3) is 0.350. The lowest BCUT2D eigenvalue weighted by molar-refractivity contribution is -0.126. The van der Waals surface area contributed by atoms with Crippen LogP contribution >= 0.6 is 11.6 Å². The van der Waals surface area contributed by atoms with Gasteiger partial charge in [-0.15, -0.1) is 0 Å². The predicted molar refractivity (Wildman–Crippen MR) is 104 cm³/mol. The van der Waals surface area contributed by atoms with E-state index in [0.717, 1.165) is 25.7 Å². The van der Waals surface area contributed by atoms with Crippen molar-refractivity contribution in [3.63, 3.8) is 0 Å². The highest BCUT2D eigenvalue weighted by Gasteiger charge is 2.31. The summed E-state index contributed by atoms with van der Waals surface area (Å²) in [5.74, 6) is 0.784. The fourth-order valence-corrected chi connectivity index (χ4v) is 3.39. The van der Waals surface area contributed by atoms with Gasteiger partial charge in [-0.25, -0.2) is 4.98 Å². The molecule has 1 unspecified atom stereocenters. The maximum absolute atomic E-state index is 12.6. The fourth-order valence-electron chi connectivity index (χ4n) is 3.27. The number of rotatable bonds is 6. The standard InChI is InChI=1S/C20H22ClN3O3/c1-13(25)23-19(14-4-2-3-5-14)20(26)24-16-8-11-18(22-12-16)27-17-9-6-15(21)7-10-17/h6-12,14,19H,2-5H2,1H3,(H,23,25)(H,24,26). The molecule has 1 atom stereocenters. The molecule has 0 saturated heterocycles. The van der Waals surface area contributed by atoms with Crippen molar-refractivity contribution in [3.05, 3.63) is 47.6 Å². The van der Waals surface area contributed by atoms with Crippen molar-refractivity contribution in [1.29, 1.82) is 0 Å². The van der Waals surface area contributed by atoms with Gasteiger partial charge < -0.3 is 15.4 Å². The van der Waals surface area contributed by atoms with Crippen LogP contribution in [0, 0.1) is 5.92 Å². The van der Waals surface area contributed by atoms with E-state index in [1.165, 1.54) is 13.1 Å². The first-order chi connectivity index (χ1) is 13.0. The number of carbonyl (C=O) groups is 2. The van der Waals surface area contributed by atoms with Crippen molar-refractivity contribution < 1.29 is 14.3 Å². The molecule has 2 N–H and O–H groups in total. The Bertz CT molecular complexity index is 787. The number of amides is 2. The minimum absolute atomic E-state index is 0.175. The third-order valence-corrected chi connectivity index (χ3v) is 4.80. The molecule has 1 aromatic carbocycles. The van der Waals surface area contributed by atoms with Crippen molar-refractivity contribution in [1.82, 2.24) is 10.3 Å². The van der Waals surface area contributed by atoms with Crippen LogP contribution in [0.2, 0.25) is 5.02 Å². The summed E-state index contributed by atoms with van der Waals surface area (Å²) in [7, 11) is 0. The zero-order valence-corrected chi connectivity index (χ0v) is 15.8. The summed E-state index contributed by atoms with van der Waals surface area (Å²) >= 11 is 5.85. The molecule has 3 rings (SSSR count). The molecule has 1 fully saturated rings. The lowest BCUT2D eigenvalue weighted by Crippen LogP contribution is -2.47. The molecule has 2 aromatic rings. The Morgan fingerprint density at radius 1 is 1.15 bits per heavy atom. The summed E-state index contributed by atoms with van der Waals surface area (Å²) < 4.78 is 5.64. The molecule has 7 heteroatoms. The number of nitrogens with zero attached hydrogens (tertiary/aromatic N) is 1. The minimum atomic E-state index is -0.519. The lowest BCUT2D eigenvalue weighted by atomic mass is 9.97. The highest BCUT2D eigenvalue weighted by Crippen LogP contribution is 2.28. The molecule has 0 aliphatic heterocycles. The van der Waals surface area contributed by atoms with Crippen LogP contribution < -0.4 is 15.4 Å². The van der Waals surface area contributed by atoms with Crippen LogP contribution in [-0.4, -0.2) is 22.8 Å². The van der Waals surface area contributed by atoms with E-state index in [4.69, 9.17) is 16.3 Å². The number of hydrogen-bond acceptors (Lipinski definition) is 4. The Morgan fingerprint density at radius 2 is 1.85 bits per heavy atom. The topological polar surface area (TPSA) is 80.3 Å². The lowest BCUT2D eigenvalue weighted by Gasteiger charge is -2.23. The van der Waals surface area contributed by atoms with Crippen molar-refractivity contribution in [2.24, 2.45) is 5.92 Å². The number of pyridine rings is 1. The monoisotopic (exact) mass is 387 g/mol. The van der Waals surface area contributed by atoms with E-state index in [-0.39, 0.29) is 17.7 Å². The summed E-state index contributed by atoms with van der Waals surface area (Å²) in [5.41, 5.74) is 0.553. The molecule has 1 aliphatic carbocycles. The summed E-state index contributed by atoms with van der Waals surface area (Å²) in [6, 6.07) is 9.84. The Balaban J connectivity index is 1.62. The molecule has 0 radical (unpaired) electrons. The first-order valence-corrected chi connectivity index (χ1v) is 9.36. The van der Waals surface area contributed by atoms with Gasteiger partial charge in [0.15, 0.2) is 0 Å². The molecule has 1 aromatic heterocycles. The number of anilines is 1. The van der Waals surface area contributed by atoms with Gasteiger partial charge in [0.2, 0.25) is 17.7 Å². The molecule has 142 valence electrons. The van der Waals surface area contributed by atoms with E-state index in [1.54, 1.807) is 36.4 Å². The normalized spacial score (nSPS) is 15.2. The van der Waals surface area contributed by atoms with E-state index < -0.39 is 6.04 Å². The molecule has 27 heavy (non-hydrogen) atoms. The van der Waals surface area contributed by atoms with E-state index in [9.17, 15) is 9.59 Å². The number of halogens is 1. The van der Waals surface area contributed by atoms with Crippen molar-refractivity contribution in [2.75, 3.05) is 5.32 Å². The van der Waals surface area contributed by atoms with Gasteiger partial charge in [-0.1, -0.05) is 24.4 Å². The summed E-state index contributed by atoms with van der Waals surface area (Å²) in [5, 5.41) is 6.25. The number of aromatic nitrogens is 1. The van der Waals surface area contributed by atoms with Gasteiger partial charge in [0, 0.05) is 18.0 Å². The Hall–Kier alpha value is -2.60. The molecule has 6 nitrogen and oxygen atoms in total. The number of hydrogen-bond donors (Lipinski definition) is 2. The van der Waals surface area contributed by atoms with Gasteiger partial charge in [0.1, 0.15) is 11.8 Å². The van der Waals surface area contributed by atoms with Gasteiger partial charge in [0.25, 0.3) is 0 Å². The summed E-state index contributed by atoms with van der Waals surface area (Å²) in [6.45, 7) is 1.43. The van der Waals surface area contributed by atoms with E-state index >= 15 is 0 Å². The Morgan fingerprint density at radius 3 is 2.44 bits per heavy atom. The Kier molecular flexibility index (Phi) is 6.29. The predicted octanol–water partition coefficient (Wildman–Crippen LogP) is 4.16. The maximum Gasteiger partial charge on any atom is 0.247 e. The second-order valence-electron chi connectivity index (χ2n) is 6.65. The molecule has 1 saturated carbocycles. The van der Waals surface area contributed by atoms with Gasteiger partial charge in [-0.2, -0.15) is 0 Å². The second-order valence-corrected chi connectivity index (χ2v) is 7.09. The smallest absolute Gasteiger partial charge is 0.247 e. The minimum Gasteiger partial charge on any atom is -0.439 e.